The molecule has 3 heteroatoms. The highest BCUT2D eigenvalue weighted by Crippen LogP contribution is 2.18. The zero-order chi connectivity index (χ0) is 8.97. The van der Waals surface area contributed by atoms with Crippen molar-refractivity contribution in [3.63, 3.8) is 0 Å². The Kier molecular flexibility index (Phi) is 3.17. The van der Waals surface area contributed by atoms with E-state index in [4.69, 9.17) is 4.74 Å². The van der Waals surface area contributed by atoms with Gasteiger partial charge in [-0.2, -0.15) is 0 Å². The SMILES string of the molecule is CC(C)Oc1ccccc1[S+]=O. The van der Waals surface area contributed by atoms with Crippen LogP contribution in [0.15, 0.2) is 29.2 Å². The maximum absolute atomic E-state index is 10.6. The largest absolute Gasteiger partial charge is 0.509 e. The highest BCUT2D eigenvalue weighted by molar-refractivity contribution is 7.65. The summed E-state index contributed by atoms with van der Waals surface area (Å²) in [6, 6.07) is 7.25. The Labute approximate surface area is 76.0 Å². The highest BCUT2D eigenvalue weighted by atomic mass is 32.1. The molecule has 0 heterocycles. The van der Waals surface area contributed by atoms with Gasteiger partial charge in [-0.05, 0) is 19.9 Å². The molecule has 0 aliphatic carbocycles. The van der Waals surface area contributed by atoms with Crippen LogP contribution in [-0.4, -0.2) is 6.10 Å². The van der Waals surface area contributed by atoms with E-state index in [1.54, 1.807) is 12.1 Å². The van der Waals surface area contributed by atoms with Gasteiger partial charge in [-0.15, -0.1) is 0 Å². The summed E-state index contributed by atoms with van der Waals surface area (Å²) in [4.78, 5) is 0.645. The van der Waals surface area contributed by atoms with Gasteiger partial charge in [-0.1, -0.05) is 12.1 Å². The Bertz CT molecular complexity index is 271. The maximum Gasteiger partial charge on any atom is 0.509 e. The van der Waals surface area contributed by atoms with Crippen LogP contribution in [0, 0.1) is 0 Å². The Balaban J connectivity index is 2.89. The van der Waals surface area contributed by atoms with E-state index in [0.717, 1.165) is 0 Å². The monoisotopic (exact) mass is 183 g/mol. The van der Waals surface area contributed by atoms with Crippen molar-refractivity contribution >= 4 is 11.7 Å². The van der Waals surface area contributed by atoms with Crippen LogP contribution in [0.3, 0.4) is 0 Å². The average Bonchev–Trinajstić information content (AvgIpc) is 2.04. The molecule has 64 valence electrons. The van der Waals surface area contributed by atoms with E-state index in [0.29, 0.717) is 22.3 Å². The lowest BCUT2D eigenvalue weighted by Gasteiger charge is -2.06. The van der Waals surface area contributed by atoms with Crippen molar-refractivity contribution in [1.82, 2.24) is 0 Å². The fraction of sp³-hybridized carbons (Fsp3) is 0.333. The molecule has 0 fully saturated rings. The van der Waals surface area contributed by atoms with Gasteiger partial charge in [0.1, 0.15) is 0 Å². The fourth-order valence-electron chi connectivity index (χ4n) is 0.870. The fourth-order valence-corrected chi connectivity index (χ4v) is 1.20. The van der Waals surface area contributed by atoms with Crippen LogP contribution in [-0.2, 0) is 15.9 Å². The predicted molar refractivity (Wildman–Crippen MR) is 48.5 cm³/mol. The minimum atomic E-state index is 0.110. The smallest absolute Gasteiger partial charge is 0.485 e. The first-order valence-corrected chi connectivity index (χ1v) is 4.53. The number of rotatable bonds is 3. The lowest BCUT2D eigenvalue weighted by molar-refractivity contribution is 0.236. The Morgan fingerprint density at radius 2 is 2.00 bits per heavy atom. The first-order valence-electron chi connectivity index (χ1n) is 3.79. The predicted octanol–water partition coefficient (Wildman–Crippen LogP) is 2.26. The average molecular weight is 183 g/mol. The van der Waals surface area contributed by atoms with Gasteiger partial charge in [0, 0.05) is 10.3 Å². The molecular formula is C9H11O2S+. The van der Waals surface area contributed by atoms with Crippen molar-refractivity contribution in [2.24, 2.45) is 0 Å². The van der Waals surface area contributed by atoms with Crippen LogP contribution in [0.2, 0.25) is 0 Å². The van der Waals surface area contributed by atoms with Crippen LogP contribution in [0.4, 0.5) is 0 Å². The summed E-state index contributed by atoms with van der Waals surface area (Å²) in [7, 11) is 0. The zero-order valence-corrected chi connectivity index (χ0v) is 7.93. The third kappa shape index (κ3) is 2.27. The summed E-state index contributed by atoms with van der Waals surface area (Å²) in [6.07, 6.45) is 0.110. The molecule has 0 amide bonds. The molecule has 0 unspecified atom stereocenters. The van der Waals surface area contributed by atoms with Gasteiger partial charge < -0.3 is 4.74 Å². The number of benzene rings is 1. The van der Waals surface area contributed by atoms with E-state index in [1.807, 2.05) is 26.0 Å². The molecule has 0 atom stereocenters. The Morgan fingerprint density at radius 3 is 2.58 bits per heavy atom. The molecule has 0 aliphatic heterocycles. The van der Waals surface area contributed by atoms with Gasteiger partial charge in [-0.3, -0.25) is 0 Å². The molecule has 12 heavy (non-hydrogen) atoms. The highest BCUT2D eigenvalue weighted by Gasteiger charge is 2.14. The number of hydrogen-bond acceptors (Lipinski definition) is 2. The Morgan fingerprint density at radius 1 is 1.33 bits per heavy atom. The van der Waals surface area contributed by atoms with Gasteiger partial charge in [0.25, 0.3) is 0 Å². The number of para-hydroxylation sites is 1. The van der Waals surface area contributed by atoms with E-state index in [-0.39, 0.29) is 6.10 Å². The zero-order valence-electron chi connectivity index (χ0n) is 7.11. The van der Waals surface area contributed by atoms with Crippen molar-refractivity contribution in [1.29, 1.82) is 0 Å². The summed E-state index contributed by atoms with van der Waals surface area (Å²) < 4.78 is 16.0. The van der Waals surface area contributed by atoms with Crippen LogP contribution < -0.4 is 4.74 Å². The third-order valence-electron chi connectivity index (χ3n) is 1.30. The molecule has 0 N–H and O–H groups in total. The summed E-state index contributed by atoms with van der Waals surface area (Å²) in [6.45, 7) is 3.87. The topological polar surface area (TPSA) is 26.3 Å². The summed E-state index contributed by atoms with van der Waals surface area (Å²) >= 11 is 0.462. The molecule has 0 aliphatic rings. The van der Waals surface area contributed by atoms with E-state index in [1.165, 1.54) is 0 Å². The van der Waals surface area contributed by atoms with Gasteiger partial charge in [0.2, 0.25) is 0 Å². The molecule has 1 aromatic rings. The lowest BCUT2D eigenvalue weighted by Crippen LogP contribution is -2.06. The van der Waals surface area contributed by atoms with Crippen LogP contribution in [0.25, 0.3) is 0 Å². The number of hydrogen-bond donors (Lipinski definition) is 0. The molecule has 0 saturated heterocycles. The van der Waals surface area contributed by atoms with Gasteiger partial charge in [0.05, 0.1) is 6.10 Å². The van der Waals surface area contributed by atoms with Crippen LogP contribution >= 0.6 is 0 Å². The Hall–Kier alpha value is -0.960. The van der Waals surface area contributed by atoms with Crippen molar-refractivity contribution in [2.45, 2.75) is 24.8 Å². The second-order valence-corrected chi connectivity index (χ2v) is 3.30. The molecule has 1 aromatic carbocycles. The van der Waals surface area contributed by atoms with Crippen molar-refractivity contribution in [3.05, 3.63) is 24.3 Å². The van der Waals surface area contributed by atoms with Crippen molar-refractivity contribution < 1.29 is 8.95 Å². The van der Waals surface area contributed by atoms with Crippen LogP contribution in [0.5, 0.6) is 5.75 Å². The first-order chi connectivity index (χ1) is 5.74. The molecule has 1 rings (SSSR count). The van der Waals surface area contributed by atoms with E-state index < -0.39 is 0 Å². The first kappa shape index (κ1) is 9.13. The third-order valence-corrected chi connectivity index (χ3v) is 1.82. The van der Waals surface area contributed by atoms with Crippen molar-refractivity contribution in [3.8, 4) is 5.75 Å². The van der Waals surface area contributed by atoms with Gasteiger partial charge >= 0.3 is 16.6 Å². The van der Waals surface area contributed by atoms with Gasteiger partial charge in [0.15, 0.2) is 5.75 Å². The normalized spacial score (nSPS) is 9.92. The maximum atomic E-state index is 10.6. The molecule has 0 spiro atoms. The van der Waals surface area contributed by atoms with Crippen LogP contribution in [0.1, 0.15) is 13.8 Å². The summed E-state index contributed by atoms with van der Waals surface area (Å²) in [5.41, 5.74) is 0. The molecule has 0 bridgehead atoms. The molecule has 0 saturated carbocycles. The standard InChI is InChI=1S/C9H11O2S/c1-7(2)11-8-5-3-4-6-9(8)12-10/h3-7H,1-2H3/q+1. The molecule has 2 nitrogen and oxygen atoms in total. The lowest BCUT2D eigenvalue weighted by atomic mass is 10.3. The van der Waals surface area contributed by atoms with E-state index in [2.05, 4.69) is 0 Å². The second kappa shape index (κ2) is 4.16. The van der Waals surface area contributed by atoms with Crippen molar-refractivity contribution in [2.75, 3.05) is 0 Å². The quantitative estimate of drug-likeness (QED) is 0.672. The summed E-state index contributed by atoms with van der Waals surface area (Å²) in [5.74, 6) is 0.674. The number of ether oxygens (including phenoxy) is 1. The molecule has 0 aromatic heterocycles. The summed E-state index contributed by atoms with van der Waals surface area (Å²) in [5, 5.41) is 0. The van der Waals surface area contributed by atoms with E-state index in [9.17, 15) is 4.21 Å². The minimum absolute atomic E-state index is 0.110. The molecule has 0 radical (unpaired) electrons. The van der Waals surface area contributed by atoms with E-state index >= 15 is 0 Å². The minimum Gasteiger partial charge on any atom is -0.485 e. The molecular weight excluding hydrogens is 172 g/mol. The second-order valence-electron chi connectivity index (χ2n) is 2.70. The van der Waals surface area contributed by atoms with Gasteiger partial charge in [-0.25, -0.2) is 0 Å².